The number of rotatable bonds is 6. The van der Waals surface area contributed by atoms with Crippen LogP contribution >= 0.6 is 35.0 Å². The van der Waals surface area contributed by atoms with Crippen molar-refractivity contribution in [1.82, 2.24) is 4.90 Å². The molecule has 0 unspecified atom stereocenters. The van der Waals surface area contributed by atoms with Gasteiger partial charge in [-0.3, -0.25) is 14.5 Å². The van der Waals surface area contributed by atoms with Crippen molar-refractivity contribution in [2.24, 2.45) is 4.99 Å². The van der Waals surface area contributed by atoms with Crippen LogP contribution in [0.3, 0.4) is 0 Å². The first-order valence-electron chi connectivity index (χ1n) is 9.59. The molecule has 1 atom stereocenters. The lowest BCUT2D eigenvalue weighted by Gasteiger charge is -2.31. The summed E-state index contributed by atoms with van der Waals surface area (Å²) in [7, 11) is 0. The van der Waals surface area contributed by atoms with Crippen molar-refractivity contribution in [2.45, 2.75) is 25.5 Å². The van der Waals surface area contributed by atoms with Gasteiger partial charge in [0.25, 0.3) is 0 Å². The van der Waals surface area contributed by atoms with E-state index in [0.717, 1.165) is 0 Å². The maximum Gasteiger partial charge on any atom is 0.238 e. The summed E-state index contributed by atoms with van der Waals surface area (Å²) in [6.45, 7) is 4.62. The predicted molar refractivity (Wildman–Crippen MR) is 125 cm³/mol. The van der Waals surface area contributed by atoms with Gasteiger partial charge in [-0.25, -0.2) is 4.99 Å². The number of benzene rings is 2. The molecule has 2 aromatic rings. The minimum Gasteiger partial charge on any atom is -0.505 e. The predicted octanol–water partition coefficient (Wildman–Crippen LogP) is 5.08. The molecule has 1 fully saturated rings. The maximum atomic E-state index is 12.9. The van der Waals surface area contributed by atoms with Crippen molar-refractivity contribution in [2.75, 3.05) is 18.5 Å². The zero-order chi connectivity index (χ0) is 22.5. The maximum absolute atomic E-state index is 12.9. The third-order valence-corrected chi connectivity index (χ3v) is 6.15. The second kappa shape index (κ2) is 10.3. The normalized spacial score (nSPS) is 17.7. The van der Waals surface area contributed by atoms with Crippen molar-refractivity contribution in [3.05, 3.63) is 46.4 Å². The van der Waals surface area contributed by atoms with Crippen LogP contribution in [0.5, 0.6) is 11.5 Å². The quantitative estimate of drug-likeness (QED) is 0.600. The number of nitrogens with zero attached hydrogens (tertiary/aromatic N) is 2. The lowest BCUT2D eigenvalue weighted by molar-refractivity contribution is -0.129. The molecule has 31 heavy (non-hydrogen) atoms. The van der Waals surface area contributed by atoms with E-state index in [4.69, 9.17) is 27.9 Å². The molecule has 0 saturated carbocycles. The number of carbonyl (C=O) groups is 2. The smallest absolute Gasteiger partial charge is 0.238 e. The molecule has 0 radical (unpaired) electrons. The molecule has 1 saturated heterocycles. The minimum absolute atomic E-state index is 0.0468. The van der Waals surface area contributed by atoms with Gasteiger partial charge in [-0.15, -0.1) is 0 Å². The van der Waals surface area contributed by atoms with Gasteiger partial charge in [-0.05, 0) is 38.1 Å². The van der Waals surface area contributed by atoms with E-state index >= 15 is 0 Å². The van der Waals surface area contributed by atoms with Gasteiger partial charge in [0.05, 0.1) is 22.3 Å². The molecule has 0 aromatic heterocycles. The van der Waals surface area contributed by atoms with Gasteiger partial charge in [0.15, 0.2) is 10.9 Å². The van der Waals surface area contributed by atoms with E-state index in [2.05, 4.69) is 10.3 Å². The average Bonchev–Trinajstić information content (AvgIpc) is 2.72. The summed E-state index contributed by atoms with van der Waals surface area (Å²) in [5, 5.41) is 12.4. The Bertz CT molecular complexity index is 1010. The number of aromatic hydroxyl groups is 1. The van der Waals surface area contributed by atoms with Crippen molar-refractivity contribution in [3.63, 3.8) is 0 Å². The van der Waals surface area contributed by atoms with E-state index in [-0.39, 0.29) is 34.0 Å². The third kappa shape index (κ3) is 5.64. The zero-order valence-electron chi connectivity index (χ0n) is 16.9. The first-order chi connectivity index (χ1) is 14.8. The summed E-state index contributed by atoms with van der Waals surface area (Å²) >= 11 is 13.1. The van der Waals surface area contributed by atoms with Gasteiger partial charge in [0.2, 0.25) is 11.8 Å². The summed E-state index contributed by atoms with van der Waals surface area (Å²) in [6.07, 6.45) is 0.0472. The highest BCUT2D eigenvalue weighted by Gasteiger charge is 2.35. The summed E-state index contributed by atoms with van der Waals surface area (Å²) in [5.41, 5.74) is 0.949. The van der Waals surface area contributed by atoms with E-state index in [1.165, 1.54) is 28.8 Å². The molecule has 1 aliphatic heterocycles. The average molecular weight is 482 g/mol. The van der Waals surface area contributed by atoms with Crippen LogP contribution in [0, 0.1) is 0 Å². The zero-order valence-corrected chi connectivity index (χ0v) is 19.2. The number of halogens is 2. The second-order valence-electron chi connectivity index (χ2n) is 6.55. The SMILES string of the molecule is CCOc1cccc(NC(=O)[C@@H]2CC(=O)N(CC)C(=Nc3cc(Cl)c(O)c(Cl)c3)S2)c1. The second-order valence-corrected chi connectivity index (χ2v) is 8.54. The highest BCUT2D eigenvalue weighted by molar-refractivity contribution is 8.15. The monoisotopic (exact) mass is 481 g/mol. The Labute approximate surface area is 194 Å². The molecular formula is C21H21Cl2N3O4S. The lowest BCUT2D eigenvalue weighted by Crippen LogP contribution is -2.45. The molecule has 2 aromatic carbocycles. The number of ether oxygens (including phenoxy) is 1. The first-order valence-corrected chi connectivity index (χ1v) is 11.2. The van der Waals surface area contributed by atoms with Crippen LogP contribution in [0.2, 0.25) is 10.0 Å². The van der Waals surface area contributed by atoms with E-state index in [1.807, 2.05) is 13.8 Å². The molecule has 164 valence electrons. The number of amidine groups is 1. The van der Waals surface area contributed by atoms with Crippen LogP contribution in [0.1, 0.15) is 20.3 Å². The minimum atomic E-state index is -0.659. The molecule has 7 nitrogen and oxygen atoms in total. The molecule has 2 N–H and O–H groups in total. The van der Waals surface area contributed by atoms with Crippen LogP contribution in [0.15, 0.2) is 41.4 Å². The van der Waals surface area contributed by atoms with Crippen LogP contribution in [-0.2, 0) is 9.59 Å². The summed E-state index contributed by atoms with van der Waals surface area (Å²) < 4.78 is 5.45. The van der Waals surface area contributed by atoms with Gasteiger partial charge >= 0.3 is 0 Å². The summed E-state index contributed by atoms with van der Waals surface area (Å²) in [5.74, 6) is -0.108. The largest absolute Gasteiger partial charge is 0.505 e. The number of aliphatic imine (C=N–C) groups is 1. The number of hydrogen-bond donors (Lipinski definition) is 2. The molecule has 0 aliphatic carbocycles. The molecule has 10 heteroatoms. The van der Waals surface area contributed by atoms with Crippen molar-refractivity contribution < 1.29 is 19.4 Å². The molecule has 1 heterocycles. The number of nitrogens with one attached hydrogen (secondary N) is 1. The number of phenols is 1. The molecule has 1 aliphatic rings. The first kappa shape index (κ1) is 23.2. The Morgan fingerprint density at radius 2 is 2.00 bits per heavy atom. The van der Waals surface area contributed by atoms with Crippen LogP contribution < -0.4 is 10.1 Å². The van der Waals surface area contributed by atoms with Gasteiger partial charge < -0.3 is 15.2 Å². The van der Waals surface area contributed by atoms with Crippen molar-refractivity contribution in [1.29, 1.82) is 0 Å². The van der Waals surface area contributed by atoms with Crippen LogP contribution in [0.4, 0.5) is 11.4 Å². The van der Waals surface area contributed by atoms with Gasteiger partial charge in [-0.2, -0.15) is 0 Å². The molecule has 2 amide bonds. The van der Waals surface area contributed by atoms with Gasteiger partial charge in [0, 0.05) is 24.7 Å². The molecule has 3 rings (SSSR count). The number of hydrogen-bond acceptors (Lipinski definition) is 6. The van der Waals surface area contributed by atoms with Gasteiger partial charge in [-0.1, -0.05) is 41.0 Å². The number of carbonyl (C=O) groups excluding carboxylic acids is 2. The molecule has 0 bridgehead atoms. The fraction of sp³-hybridized carbons (Fsp3) is 0.286. The fourth-order valence-electron chi connectivity index (χ4n) is 2.93. The van der Waals surface area contributed by atoms with E-state index in [9.17, 15) is 14.7 Å². The topological polar surface area (TPSA) is 91.2 Å². The summed E-state index contributed by atoms with van der Waals surface area (Å²) in [6, 6.07) is 9.95. The third-order valence-electron chi connectivity index (χ3n) is 4.39. The van der Waals surface area contributed by atoms with Gasteiger partial charge in [0.1, 0.15) is 11.0 Å². The highest BCUT2D eigenvalue weighted by atomic mass is 35.5. The van der Waals surface area contributed by atoms with E-state index in [0.29, 0.717) is 35.4 Å². The molecular weight excluding hydrogens is 461 g/mol. The highest BCUT2D eigenvalue weighted by Crippen LogP contribution is 2.37. The Morgan fingerprint density at radius 1 is 1.29 bits per heavy atom. The Balaban J connectivity index is 1.83. The number of thioether (sulfide) groups is 1. The van der Waals surface area contributed by atoms with Crippen LogP contribution in [-0.4, -0.2) is 45.4 Å². The Hall–Kier alpha value is -2.42. The lowest BCUT2D eigenvalue weighted by atomic mass is 10.2. The Morgan fingerprint density at radius 3 is 2.65 bits per heavy atom. The number of phenolic OH excluding ortho intramolecular Hbond substituents is 1. The summed E-state index contributed by atoms with van der Waals surface area (Å²) in [4.78, 5) is 31.5. The van der Waals surface area contributed by atoms with Crippen molar-refractivity contribution in [3.8, 4) is 11.5 Å². The Kier molecular flexibility index (Phi) is 7.69. The molecule has 0 spiro atoms. The number of amides is 2. The fourth-order valence-corrected chi connectivity index (χ4v) is 4.57. The van der Waals surface area contributed by atoms with Crippen molar-refractivity contribution >= 4 is 63.3 Å². The van der Waals surface area contributed by atoms with E-state index in [1.54, 1.807) is 24.3 Å². The van der Waals surface area contributed by atoms with E-state index < -0.39 is 5.25 Å². The van der Waals surface area contributed by atoms with Crippen LogP contribution in [0.25, 0.3) is 0 Å². The number of anilines is 1. The standard InChI is InChI=1S/C21H21Cl2N3O4S/c1-3-26-18(27)11-17(20(29)24-12-6-5-7-14(8-12)30-4-2)31-21(26)25-13-9-15(22)19(28)16(23)10-13/h5-10,17,28H,3-4,11H2,1-2H3,(H,24,29)/t17-/m0/s1.